The van der Waals surface area contributed by atoms with Crippen molar-refractivity contribution in [1.82, 2.24) is 5.32 Å². The van der Waals surface area contributed by atoms with Gasteiger partial charge in [0.15, 0.2) is 0 Å². The maximum Gasteiger partial charge on any atom is 0.126 e. The fraction of sp³-hybridized carbons (Fsp3) is 0.600. The molecule has 1 atom stereocenters. The van der Waals surface area contributed by atoms with Gasteiger partial charge in [-0.2, -0.15) is 0 Å². The maximum absolute atomic E-state index is 13.2. The lowest BCUT2D eigenvalue weighted by Crippen LogP contribution is -2.19. The van der Waals surface area contributed by atoms with Crippen LogP contribution in [0.4, 0.5) is 4.39 Å². The van der Waals surface area contributed by atoms with Gasteiger partial charge in [-0.1, -0.05) is 38.8 Å². The van der Waals surface area contributed by atoms with Crippen LogP contribution in [0.5, 0.6) is 0 Å². The zero-order valence-corrected chi connectivity index (χ0v) is 11.4. The van der Waals surface area contributed by atoms with Gasteiger partial charge in [0.25, 0.3) is 0 Å². The van der Waals surface area contributed by atoms with E-state index in [2.05, 4.69) is 19.2 Å². The highest BCUT2D eigenvalue weighted by Crippen LogP contribution is 2.26. The van der Waals surface area contributed by atoms with Gasteiger partial charge in [0.1, 0.15) is 5.82 Å². The molecular formula is C15H24FN. The van der Waals surface area contributed by atoms with Crippen molar-refractivity contribution in [2.75, 3.05) is 7.05 Å². The van der Waals surface area contributed by atoms with Crippen LogP contribution in [0, 0.1) is 18.7 Å². The SMILES string of the molecule is CCC(CC)CC(NC)c1ccc(F)c(C)c1. The first kappa shape index (κ1) is 14.2. The topological polar surface area (TPSA) is 12.0 Å². The van der Waals surface area contributed by atoms with Crippen LogP contribution in [0.2, 0.25) is 0 Å². The predicted octanol–water partition coefficient (Wildman–Crippen LogP) is 4.22. The number of nitrogens with one attached hydrogen (secondary N) is 1. The summed E-state index contributed by atoms with van der Waals surface area (Å²) in [5, 5.41) is 3.34. The molecular weight excluding hydrogens is 213 g/mol. The molecule has 0 aromatic heterocycles. The Balaban J connectivity index is 2.82. The Morgan fingerprint density at radius 3 is 2.35 bits per heavy atom. The molecule has 17 heavy (non-hydrogen) atoms. The highest BCUT2D eigenvalue weighted by Gasteiger charge is 2.15. The zero-order chi connectivity index (χ0) is 12.8. The van der Waals surface area contributed by atoms with Gasteiger partial charge in [-0.25, -0.2) is 4.39 Å². The number of benzene rings is 1. The van der Waals surface area contributed by atoms with Crippen LogP contribution < -0.4 is 5.32 Å². The van der Waals surface area contributed by atoms with E-state index >= 15 is 0 Å². The minimum Gasteiger partial charge on any atom is -0.313 e. The summed E-state index contributed by atoms with van der Waals surface area (Å²) < 4.78 is 13.2. The molecule has 0 saturated carbocycles. The van der Waals surface area contributed by atoms with E-state index in [-0.39, 0.29) is 5.82 Å². The van der Waals surface area contributed by atoms with Crippen LogP contribution in [0.1, 0.15) is 50.3 Å². The summed E-state index contributed by atoms with van der Waals surface area (Å²) in [6.45, 7) is 6.29. The molecule has 1 unspecified atom stereocenters. The van der Waals surface area contributed by atoms with Crippen molar-refractivity contribution in [3.05, 3.63) is 35.1 Å². The fourth-order valence-corrected chi connectivity index (χ4v) is 2.26. The molecule has 1 aromatic carbocycles. The monoisotopic (exact) mass is 237 g/mol. The van der Waals surface area contributed by atoms with Crippen molar-refractivity contribution in [1.29, 1.82) is 0 Å². The molecule has 2 heteroatoms. The van der Waals surface area contributed by atoms with Crippen molar-refractivity contribution in [2.45, 2.75) is 46.1 Å². The zero-order valence-electron chi connectivity index (χ0n) is 11.4. The van der Waals surface area contributed by atoms with Gasteiger partial charge in [-0.05, 0) is 43.5 Å². The van der Waals surface area contributed by atoms with E-state index in [0.717, 1.165) is 17.9 Å². The van der Waals surface area contributed by atoms with E-state index in [0.29, 0.717) is 6.04 Å². The highest BCUT2D eigenvalue weighted by atomic mass is 19.1. The Kier molecular flexibility index (Phi) is 5.63. The second kappa shape index (κ2) is 6.75. The largest absolute Gasteiger partial charge is 0.313 e. The maximum atomic E-state index is 13.2. The predicted molar refractivity (Wildman–Crippen MR) is 71.6 cm³/mol. The Morgan fingerprint density at radius 1 is 1.24 bits per heavy atom. The second-order valence-electron chi connectivity index (χ2n) is 4.77. The number of hydrogen-bond acceptors (Lipinski definition) is 1. The summed E-state index contributed by atoms with van der Waals surface area (Å²) >= 11 is 0. The molecule has 0 aliphatic rings. The molecule has 0 heterocycles. The van der Waals surface area contributed by atoms with Gasteiger partial charge in [-0.3, -0.25) is 0 Å². The van der Waals surface area contributed by atoms with E-state index in [1.54, 1.807) is 6.07 Å². The highest BCUT2D eigenvalue weighted by molar-refractivity contribution is 5.26. The molecule has 96 valence electrons. The quantitative estimate of drug-likeness (QED) is 0.781. The van der Waals surface area contributed by atoms with Crippen molar-refractivity contribution >= 4 is 0 Å². The minimum absolute atomic E-state index is 0.119. The van der Waals surface area contributed by atoms with E-state index < -0.39 is 0 Å². The summed E-state index contributed by atoms with van der Waals surface area (Å²) in [6, 6.07) is 5.76. The van der Waals surface area contributed by atoms with Crippen LogP contribution in [0.15, 0.2) is 18.2 Å². The summed E-state index contributed by atoms with van der Waals surface area (Å²) in [5.41, 5.74) is 1.92. The number of rotatable bonds is 6. The average Bonchev–Trinajstić information content (AvgIpc) is 2.35. The third-order valence-electron chi connectivity index (χ3n) is 3.66. The van der Waals surface area contributed by atoms with E-state index in [4.69, 9.17) is 0 Å². The molecule has 0 saturated heterocycles. The first-order valence-electron chi connectivity index (χ1n) is 6.55. The van der Waals surface area contributed by atoms with Crippen LogP contribution in [0.25, 0.3) is 0 Å². The Morgan fingerprint density at radius 2 is 1.88 bits per heavy atom. The van der Waals surface area contributed by atoms with Crippen molar-refractivity contribution in [3.63, 3.8) is 0 Å². The van der Waals surface area contributed by atoms with Crippen molar-refractivity contribution in [2.24, 2.45) is 5.92 Å². The smallest absolute Gasteiger partial charge is 0.126 e. The molecule has 1 nitrogen and oxygen atoms in total. The third kappa shape index (κ3) is 3.81. The van der Waals surface area contributed by atoms with Crippen LogP contribution in [-0.4, -0.2) is 7.05 Å². The van der Waals surface area contributed by atoms with E-state index in [1.807, 2.05) is 26.1 Å². The first-order valence-corrected chi connectivity index (χ1v) is 6.55. The Bertz CT molecular complexity index is 345. The van der Waals surface area contributed by atoms with Crippen LogP contribution >= 0.6 is 0 Å². The van der Waals surface area contributed by atoms with Gasteiger partial charge in [0, 0.05) is 6.04 Å². The Labute approximate surface area is 104 Å². The summed E-state index contributed by atoms with van der Waals surface area (Å²) in [4.78, 5) is 0. The molecule has 0 amide bonds. The minimum atomic E-state index is -0.119. The average molecular weight is 237 g/mol. The Hall–Kier alpha value is -0.890. The fourth-order valence-electron chi connectivity index (χ4n) is 2.26. The normalized spacial score (nSPS) is 13.1. The van der Waals surface area contributed by atoms with E-state index in [9.17, 15) is 4.39 Å². The first-order chi connectivity index (χ1) is 8.12. The van der Waals surface area contributed by atoms with Gasteiger partial charge < -0.3 is 5.32 Å². The molecule has 1 N–H and O–H groups in total. The van der Waals surface area contributed by atoms with Gasteiger partial charge in [0.2, 0.25) is 0 Å². The van der Waals surface area contributed by atoms with Crippen LogP contribution in [-0.2, 0) is 0 Å². The molecule has 0 radical (unpaired) electrons. The molecule has 0 spiro atoms. The van der Waals surface area contributed by atoms with Gasteiger partial charge in [0.05, 0.1) is 0 Å². The number of aryl methyl sites for hydroxylation is 1. The molecule has 0 aliphatic heterocycles. The summed E-state index contributed by atoms with van der Waals surface area (Å²) in [5.74, 6) is 0.615. The second-order valence-corrected chi connectivity index (χ2v) is 4.77. The van der Waals surface area contributed by atoms with Crippen molar-refractivity contribution < 1.29 is 4.39 Å². The van der Waals surface area contributed by atoms with Crippen molar-refractivity contribution in [3.8, 4) is 0 Å². The van der Waals surface area contributed by atoms with Gasteiger partial charge >= 0.3 is 0 Å². The van der Waals surface area contributed by atoms with E-state index in [1.165, 1.54) is 18.4 Å². The number of hydrogen-bond donors (Lipinski definition) is 1. The molecule has 0 fully saturated rings. The lowest BCUT2D eigenvalue weighted by molar-refractivity contribution is 0.385. The summed E-state index contributed by atoms with van der Waals surface area (Å²) in [6.07, 6.45) is 3.53. The molecule has 1 rings (SSSR count). The summed E-state index contributed by atoms with van der Waals surface area (Å²) in [7, 11) is 1.98. The van der Waals surface area contributed by atoms with Crippen LogP contribution in [0.3, 0.4) is 0 Å². The lowest BCUT2D eigenvalue weighted by atomic mass is 9.90. The molecule has 1 aromatic rings. The van der Waals surface area contributed by atoms with Gasteiger partial charge in [-0.15, -0.1) is 0 Å². The molecule has 0 bridgehead atoms. The molecule has 0 aliphatic carbocycles. The standard InChI is InChI=1S/C15H24FN/c1-5-12(6-2)10-15(17-4)13-7-8-14(16)11(3)9-13/h7-9,12,15,17H,5-6,10H2,1-4H3. The lowest BCUT2D eigenvalue weighted by Gasteiger charge is -2.22. The third-order valence-corrected chi connectivity index (χ3v) is 3.66. The number of halogens is 1.